The first-order chi connectivity index (χ1) is 10.4. The van der Waals surface area contributed by atoms with Crippen LogP contribution in [0.3, 0.4) is 0 Å². The van der Waals surface area contributed by atoms with Crippen molar-refractivity contribution in [2.75, 3.05) is 4.90 Å². The fraction of sp³-hybridized carbons (Fsp3) is 0.444. The third-order valence-electron chi connectivity index (χ3n) is 5.01. The molecule has 21 heavy (non-hydrogen) atoms. The van der Waals surface area contributed by atoms with Crippen molar-refractivity contribution in [1.29, 1.82) is 0 Å². The zero-order valence-corrected chi connectivity index (χ0v) is 12.2. The molecule has 2 fully saturated rings. The predicted octanol–water partition coefficient (Wildman–Crippen LogP) is 3.47. The van der Waals surface area contributed by atoms with Crippen LogP contribution in [0, 0.1) is 5.92 Å². The van der Waals surface area contributed by atoms with Crippen LogP contribution in [0.2, 0.25) is 0 Å². The van der Waals surface area contributed by atoms with Crippen LogP contribution < -0.4 is 4.90 Å². The lowest BCUT2D eigenvalue weighted by Gasteiger charge is -2.40. The summed E-state index contributed by atoms with van der Waals surface area (Å²) in [6, 6.07) is 16.5. The zero-order chi connectivity index (χ0) is 14.1. The fourth-order valence-electron chi connectivity index (χ4n) is 4.22. The van der Waals surface area contributed by atoms with Gasteiger partial charge < -0.3 is 4.90 Å². The highest BCUT2D eigenvalue weighted by molar-refractivity contribution is 5.50. The molecule has 2 aromatic rings. The minimum atomic E-state index is 0.716. The van der Waals surface area contributed by atoms with Gasteiger partial charge in [0.2, 0.25) is 0 Å². The summed E-state index contributed by atoms with van der Waals surface area (Å²) < 4.78 is 0. The lowest BCUT2D eigenvalue weighted by molar-refractivity contribution is 0.335. The van der Waals surface area contributed by atoms with Gasteiger partial charge in [-0.05, 0) is 62.3 Å². The number of anilines is 1. The molecule has 108 valence electrons. The number of hydrogen-bond acceptors (Lipinski definition) is 3. The van der Waals surface area contributed by atoms with Crippen molar-refractivity contribution < 1.29 is 0 Å². The fourth-order valence-corrected chi connectivity index (χ4v) is 4.22. The molecule has 2 bridgehead atoms. The van der Waals surface area contributed by atoms with E-state index < -0.39 is 0 Å². The van der Waals surface area contributed by atoms with Gasteiger partial charge >= 0.3 is 0 Å². The van der Waals surface area contributed by atoms with Crippen LogP contribution in [-0.2, 0) is 6.42 Å². The minimum Gasteiger partial charge on any atom is -0.366 e. The molecule has 0 radical (unpaired) electrons. The summed E-state index contributed by atoms with van der Waals surface area (Å²) in [6.45, 7) is 0. The molecule has 3 atom stereocenters. The Bertz CT molecular complexity index is 570. The summed E-state index contributed by atoms with van der Waals surface area (Å²) >= 11 is 0. The molecule has 3 heterocycles. The maximum atomic E-state index is 4.26. The van der Waals surface area contributed by atoms with Crippen molar-refractivity contribution in [1.82, 2.24) is 10.2 Å². The van der Waals surface area contributed by atoms with Crippen molar-refractivity contribution in [2.45, 2.75) is 44.2 Å². The van der Waals surface area contributed by atoms with Crippen LogP contribution in [0.5, 0.6) is 0 Å². The molecule has 0 aliphatic carbocycles. The molecule has 0 unspecified atom stereocenters. The van der Waals surface area contributed by atoms with Gasteiger partial charge in [-0.2, -0.15) is 10.2 Å². The molecule has 3 nitrogen and oxygen atoms in total. The highest BCUT2D eigenvalue weighted by atomic mass is 15.2. The maximum Gasteiger partial charge on any atom is 0.0633 e. The first-order valence-corrected chi connectivity index (χ1v) is 8.00. The van der Waals surface area contributed by atoms with E-state index in [1.165, 1.54) is 31.4 Å². The summed E-state index contributed by atoms with van der Waals surface area (Å²) in [5.41, 5.74) is 2.55. The van der Waals surface area contributed by atoms with Gasteiger partial charge in [-0.25, -0.2) is 0 Å². The van der Waals surface area contributed by atoms with E-state index in [4.69, 9.17) is 0 Å². The van der Waals surface area contributed by atoms with E-state index >= 15 is 0 Å². The van der Waals surface area contributed by atoms with Crippen molar-refractivity contribution in [2.24, 2.45) is 5.92 Å². The van der Waals surface area contributed by atoms with Crippen LogP contribution in [0.4, 0.5) is 5.69 Å². The van der Waals surface area contributed by atoms with E-state index in [-0.39, 0.29) is 0 Å². The molecule has 0 N–H and O–H groups in total. The first kappa shape index (κ1) is 12.8. The van der Waals surface area contributed by atoms with Gasteiger partial charge in [0.1, 0.15) is 0 Å². The molecule has 1 aromatic heterocycles. The van der Waals surface area contributed by atoms with Gasteiger partial charge in [-0.1, -0.05) is 18.2 Å². The second-order valence-electron chi connectivity index (χ2n) is 6.38. The van der Waals surface area contributed by atoms with Crippen LogP contribution in [0.25, 0.3) is 0 Å². The van der Waals surface area contributed by atoms with Gasteiger partial charge in [0.05, 0.1) is 5.69 Å². The standard InChI is InChI=1S/C18H21N3/c1-2-6-16(7-3-1)21-17-8-9-18(21)13-14(12-17)11-15-5-4-10-19-20-15/h1-7,10,14,17-18H,8-9,11-13H2/t14-,17+,18-. The molecule has 3 heteroatoms. The van der Waals surface area contributed by atoms with Crippen molar-refractivity contribution in [3.8, 4) is 0 Å². The third-order valence-corrected chi connectivity index (χ3v) is 5.01. The van der Waals surface area contributed by atoms with Crippen LogP contribution >= 0.6 is 0 Å². The highest BCUT2D eigenvalue weighted by Gasteiger charge is 2.40. The minimum absolute atomic E-state index is 0.716. The molecule has 2 saturated heterocycles. The summed E-state index contributed by atoms with van der Waals surface area (Å²) in [6.07, 6.45) is 8.12. The number of fused-ring (bicyclic) bond motifs is 2. The van der Waals surface area contributed by atoms with Gasteiger partial charge in [-0.15, -0.1) is 0 Å². The smallest absolute Gasteiger partial charge is 0.0633 e. The molecule has 4 rings (SSSR count). The molecule has 0 amide bonds. The SMILES string of the molecule is c1ccc(N2[C@@H]3CC[C@H]2C[C@@H](Cc2cccnn2)C3)cc1. The quantitative estimate of drug-likeness (QED) is 0.861. The molecule has 1 aromatic carbocycles. The number of rotatable bonds is 3. The van der Waals surface area contributed by atoms with Gasteiger partial charge in [0.15, 0.2) is 0 Å². The number of nitrogens with zero attached hydrogens (tertiary/aromatic N) is 3. The van der Waals surface area contributed by atoms with Crippen molar-refractivity contribution >= 4 is 5.69 Å². The summed E-state index contributed by atoms with van der Waals surface area (Å²) in [5.74, 6) is 0.763. The molecule has 0 saturated carbocycles. The Balaban J connectivity index is 1.49. The van der Waals surface area contributed by atoms with E-state index in [1.54, 1.807) is 6.20 Å². The molecular formula is C18H21N3. The average molecular weight is 279 g/mol. The van der Waals surface area contributed by atoms with Gasteiger partial charge in [0.25, 0.3) is 0 Å². The second-order valence-corrected chi connectivity index (χ2v) is 6.38. The second kappa shape index (κ2) is 5.47. The van der Waals surface area contributed by atoms with Gasteiger partial charge in [0, 0.05) is 24.0 Å². The summed E-state index contributed by atoms with van der Waals surface area (Å²) in [7, 11) is 0. The molecule has 0 spiro atoms. The van der Waals surface area contributed by atoms with Gasteiger partial charge in [-0.3, -0.25) is 0 Å². The number of benzene rings is 1. The number of piperidine rings is 1. The lowest BCUT2D eigenvalue weighted by Crippen LogP contribution is -2.43. The van der Waals surface area contributed by atoms with Crippen molar-refractivity contribution in [3.63, 3.8) is 0 Å². The van der Waals surface area contributed by atoms with Crippen LogP contribution in [-0.4, -0.2) is 22.3 Å². The number of aromatic nitrogens is 2. The van der Waals surface area contributed by atoms with E-state index in [1.807, 2.05) is 6.07 Å². The predicted molar refractivity (Wildman–Crippen MR) is 84.2 cm³/mol. The molecular weight excluding hydrogens is 258 g/mol. The molecule has 2 aliphatic rings. The third kappa shape index (κ3) is 2.53. The normalized spacial score (nSPS) is 27.8. The van der Waals surface area contributed by atoms with E-state index in [0.29, 0.717) is 12.1 Å². The highest BCUT2D eigenvalue weighted by Crippen LogP contribution is 2.42. The lowest BCUT2D eigenvalue weighted by atomic mass is 9.87. The largest absolute Gasteiger partial charge is 0.366 e. The first-order valence-electron chi connectivity index (χ1n) is 8.00. The van der Waals surface area contributed by atoms with Crippen molar-refractivity contribution in [3.05, 3.63) is 54.4 Å². The van der Waals surface area contributed by atoms with E-state index in [2.05, 4.69) is 51.5 Å². The Morgan fingerprint density at radius 3 is 2.38 bits per heavy atom. The Morgan fingerprint density at radius 2 is 1.71 bits per heavy atom. The van der Waals surface area contributed by atoms with E-state index in [0.717, 1.165) is 18.0 Å². The van der Waals surface area contributed by atoms with Crippen LogP contribution in [0.15, 0.2) is 48.7 Å². The topological polar surface area (TPSA) is 29.0 Å². The maximum absolute atomic E-state index is 4.26. The number of para-hydroxylation sites is 1. The summed E-state index contributed by atoms with van der Waals surface area (Å²) in [4.78, 5) is 2.67. The monoisotopic (exact) mass is 279 g/mol. The Morgan fingerprint density at radius 1 is 0.952 bits per heavy atom. The Hall–Kier alpha value is -1.90. The zero-order valence-electron chi connectivity index (χ0n) is 12.2. The number of hydrogen-bond donors (Lipinski definition) is 0. The summed E-state index contributed by atoms with van der Waals surface area (Å²) in [5, 5.41) is 8.26. The van der Waals surface area contributed by atoms with E-state index in [9.17, 15) is 0 Å². The Kier molecular flexibility index (Phi) is 3.34. The van der Waals surface area contributed by atoms with Crippen LogP contribution in [0.1, 0.15) is 31.4 Å². The molecule has 2 aliphatic heterocycles. The average Bonchev–Trinajstić information content (AvgIpc) is 2.80. The Labute approximate surface area is 126 Å².